The van der Waals surface area contributed by atoms with Crippen molar-refractivity contribution in [1.29, 1.82) is 0 Å². The molecule has 1 amide bonds. The first-order chi connectivity index (χ1) is 4.56. The second kappa shape index (κ2) is 3.26. The third-order valence-corrected chi connectivity index (χ3v) is 1.36. The van der Waals surface area contributed by atoms with Gasteiger partial charge in [0.2, 0.25) is 5.91 Å². The summed E-state index contributed by atoms with van der Waals surface area (Å²) in [6.45, 7) is 0.656. The predicted octanol–water partition coefficient (Wildman–Crippen LogP) is -0.763. The lowest BCUT2D eigenvalue weighted by molar-refractivity contribution is -0.128. The summed E-state index contributed by atoms with van der Waals surface area (Å²) < 4.78 is 0. The van der Waals surface area contributed by atoms with Crippen molar-refractivity contribution in [3.8, 4) is 0 Å². The maximum atomic E-state index is 10.5. The smallest absolute Gasteiger partial charge is 0.227 e. The van der Waals surface area contributed by atoms with E-state index in [9.17, 15) is 9.70 Å². The van der Waals surface area contributed by atoms with Gasteiger partial charge in [0.05, 0.1) is 18.6 Å². The zero-order valence-corrected chi connectivity index (χ0v) is 5.70. The molecule has 5 nitrogen and oxygen atoms in total. The number of hydrogen-bond acceptors (Lipinski definition) is 4. The standard InChI is InChI=1S/C5H10N2O3/c1-5(3-8,2-7-10)4(6)9/h8H,2-3H2,1H3,(H2,6,9). The van der Waals surface area contributed by atoms with Gasteiger partial charge in [0, 0.05) is 0 Å². The van der Waals surface area contributed by atoms with Crippen LogP contribution >= 0.6 is 0 Å². The van der Waals surface area contributed by atoms with Crippen LogP contribution in [0.5, 0.6) is 0 Å². The van der Waals surface area contributed by atoms with E-state index >= 15 is 0 Å². The molecule has 0 bridgehead atoms. The van der Waals surface area contributed by atoms with Crippen LogP contribution in [0.1, 0.15) is 6.92 Å². The molecule has 1 atom stereocenters. The second-order valence-corrected chi connectivity index (χ2v) is 2.37. The van der Waals surface area contributed by atoms with Gasteiger partial charge in [-0.1, -0.05) is 5.18 Å². The van der Waals surface area contributed by atoms with Crippen molar-refractivity contribution in [1.82, 2.24) is 0 Å². The minimum Gasteiger partial charge on any atom is -0.395 e. The molecule has 0 aliphatic heterocycles. The van der Waals surface area contributed by atoms with Crippen LogP contribution in [-0.4, -0.2) is 24.2 Å². The third kappa shape index (κ3) is 1.77. The first kappa shape index (κ1) is 9.03. The number of aliphatic hydroxyl groups excluding tert-OH is 1. The zero-order valence-electron chi connectivity index (χ0n) is 5.70. The van der Waals surface area contributed by atoms with Gasteiger partial charge in [-0.2, -0.15) is 4.91 Å². The highest BCUT2D eigenvalue weighted by Gasteiger charge is 2.30. The summed E-state index contributed by atoms with van der Waals surface area (Å²) in [4.78, 5) is 20.2. The van der Waals surface area contributed by atoms with Gasteiger partial charge in [0.1, 0.15) is 0 Å². The summed E-state index contributed by atoms with van der Waals surface area (Å²) in [5, 5.41) is 11.1. The number of nitrogens with zero attached hydrogens (tertiary/aromatic N) is 1. The van der Waals surface area contributed by atoms with Crippen molar-refractivity contribution in [2.24, 2.45) is 16.3 Å². The zero-order chi connectivity index (χ0) is 8.20. The summed E-state index contributed by atoms with van der Waals surface area (Å²) in [5.74, 6) is -0.713. The highest BCUT2D eigenvalue weighted by Crippen LogP contribution is 2.13. The number of nitroso groups, excluding NO2 is 1. The number of carbonyl (C=O) groups is 1. The van der Waals surface area contributed by atoms with E-state index in [2.05, 4.69) is 5.18 Å². The van der Waals surface area contributed by atoms with Crippen LogP contribution in [0.4, 0.5) is 0 Å². The van der Waals surface area contributed by atoms with E-state index in [1.807, 2.05) is 0 Å². The first-order valence-electron chi connectivity index (χ1n) is 2.76. The lowest BCUT2D eigenvalue weighted by Gasteiger charge is -2.18. The first-order valence-corrected chi connectivity index (χ1v) is 2.76. The number of amides is 1. The molecule has 3 N–H and O–H groups in total. The maximum absolute atomic E-state index is 10.5. The fraction of sp³-hybridized carbons (Fsp3) is 0.800. The minimum atomic E-state index is -1.19. The summed E-state index contributed by atoms with van der Waals surface area (Å²) in [6.07, 6.45) is 0. The normalized spacial score (nSPS) is 15.8. The van der Waals surface area contributed by atoms with Crippen molar-refractivity contribution in [2.45, 2.75) is 6.92 Å². The van der Waals surface area contributed by atoms with Crippen LogP contribution in [-0.2, 0) is 4.79 Å². The van der Waals surface area contributed by atoms with E-state index in [0.717, 1.165) is 0 Å². The topological polar surface area (TPSA) is 92.8 Å². The Kier molecular flexibility index (Phi) is 2.95. The van der Waals surface area contributed by atoms with E-state index in [1.54, 1.807) is 0 Å². The van der Waals surface area contributed by atoms with E-state index in [4.69, 9.17) is 10.8 Å². The van der Waals surface area contributed by atoms with Crippen molar-refractivity contribution < 1.29 is 9.90 Å². The molecule has 0 radical (unpaired) electrons. The summed E-state index contributed by atoms with van der Waals surface area (Å²) in [6, 6.07) is 0. The average molecular weight is 146 g/mol. The lowest BCUT2D eigenvalue weighted by atomic mass is 9.91. The third-order valence-electron chi connectivity index (χ3n) is 1.36. The van der Waals surface area contributed by atoms with Crippen LogP contribution in [0.3, 0.4) is 0 Å². The molecule has 0 aromatic carbocycles. The minimum absolute atomic E-state index is 0.279. The Morgan fingerprint density at radius 1 is 1.80 bits per heavy atom. The van der Waals surface area contributed by atoms with Gasteiger partial charge >= 0.3 is 0 Å². The van der Waals surface area contributed by atoms with Crippen LogP contribution in [0.15, 0.2) is 5.18 Å². The summed E-state index contributed by atoms with van der Waals surface area (Å²) in [7, 11) is 0. The molecule has 1 unspecified atom stereocenters. The quantitative estimate of drug-likeness (QED) is 0.510. The van der Waals surface area contributed by atoms with Gasteiger partial charge in [-0.05, 0) is 6.92 Å². The number of primary amides is 1. The van der Waals surface area contributed by atoms with Crippen LogP contribution < -0.4 is 5.73 Å². The maximum Gasteiger partial charge on any atom is 0.227 e. The molecule has 10 heavy (non-hydrogen) atoms. The molecule has 0 saturated heterocycles. The van der Waals surface area contributed by atoms with Crippen molar-refractivity contribution in [3.05, 3.63) is 4.91 Å². The second-order valence-electron chi connectivity index (χ2n) is 2.37. The van der Waals surface area contributed by atoms with Gasteiger partial charge in [-0.15, -0.1) is 0 Å². The lowest BCUT2D eigenvalue weighted by Crippen LogP contribution is -2.39. The Balaban J connectivity index is 4.21. The SMILES string of the molecule is CC(CO)(CN=O)C(N)=O. The summed E-state index contributed by atoms with van der Waals surface area (Å²) >= 11 is 0. The molecule has 0 aliphatic rings. The fourth-order valence-electron chi connectivity index (χ4n) is 0.348. The van der Waals surface area contributed by atoms with Crippen molar-refractivity contribution in [2.75, 3.05) is 13.2 Å². The molecule has 0 rings (SSSR count). The molecule has 5 heteroatoms. The van der Waals surface area contributed by atoms with Gasteiger partial charge in [-0.3, -0.25) is 4.79 Å². The molecule has 0 aromatic heterocycles. The van der Waals surface area contributed by atoms with Crippen molar-refractivity contribution in [3.63, 3.8) is 0 Å². The van der Waals surface area contributed by atoms with E-state index in [-0.39, 0.29) is 6.54 Å². The number of aliphatic hydroxyl groups is 1. The van der Waals surface area contributed by atoms with Crippen molar-refractivity contribution >= 4 is 5.91 Å². The molecule has 0 fully saturated rings. The van der Waals surface area contributed by atoms with Gasteiger partial charge < -0.3 is 10.8 Å². The Morgan fingerprint density at radius 3 is 2.40 bits per heavy atom. The van der Waals surface area contributed by atoms with Gasteiger partial charge in [0.15, 0.2) is 0 Å². The molecular weight excluding hydrogens is 136 g/mol. The summed E-state index contributed by atoms with van der Waals surface area (Å²) in [5.41, 5.74) is 3.68. The molecule has 0 saturated carbocycles. The number of rotatable bonds is 4. The Hall–Kier alpha value is -0.970. The highest BCUT2D eigenvalue weighted by molar-refractivity contribution is 5.80. The molecule has 0 heterocycles. The molecular formula is C5H10N2O3. The fourth-order valence-corrected chi connectivity index (χ4v) is 0.348. The molecule has 58 valence electrons. The number of hydrogen-bond donors (Lipinski definition) is 2. The Labute approximate surface area is 58.2 Å². The molecule has 0 spiro atoms. The predicted molar refractivity (Wildman–Crippen MR) is 35.0 cm³/mol. The average Bonchev–Trinajstić information content (AvgIpc) is 1.88. The van der Waals surface area contributed by atoms with E-state index in [0.29, 0.717) is 0 Å². The Morgan fingerprint density at radius 2 is 2.30 bits per heavy atom. The van der Waals surface area contributed by atoms with Crippen LogP contribution in [0.25, 0.3) is 0 Å². The van der Waals surface area contributed by atoms with Crippen LogP contribution in [0, 0.1) is 10.3 Å². The highest BCUT2D eigenvalue weighted by atomic mass is 16.3. The number of nitrogens with two attached hydrogens (primary N) is 1. The largest absolute Gasteiger partial charge is 0.395 e. The van der Waals surface area contributed by atoms with Gasteiger partial charge in [0.25, 0.3) is 0 Å². The van der Waals surface area contributed by atoms with E-state index in [1.165, 1.54) is 6.92 Å². The van der Waals surface area contributed by atoms with E-state index < -0.39 is 17.9 Å². The molecule has 0 aliphatic carbocycles. The molecule has 0 aromatic rings. The monoisotopic (exact) mass is 146 g/mol. The Bertz CT molecular complexity index is 148. The van der Waals surface area contributed by atoms with Gasteiger partial charge in [-0.25, -0.2) is 0 Å². The number of carbonyl (C=O) groups excluding carboxylic acids is 1. The van der Waals surface area contributed by atoms with Crippen LogP contribution in [0.2, 0.25) is 0 Å².